The van der Waals surface area contributed by atoms with Gasteiger partial charge in [-0.3, -0.25) is 4.40 Å². The van der Waals surface area contributed by atoms with Crippen LogP contribution in [0.15, 0.2) is 22.8 Å². The summed E-state index contributed by atoms with van der Waals surface area (Å²) in [5, 5.41) is 8.55. The van der Waals surface area contributed by atoms with E-state index in [-0.39, 0.29) is 0 Å². The van der Waals surface area contributed by atoms with Crippen LogP contribution in [0.3, 0.4) is 0 Å². The maximum atomic E-state index is 4.33. The minimum atomic E-state index is 0.743. The Kier molecular flexibility index (Phi) is 3.35. The Morgan fingerprint density at radius 1 is 1.28 bits per heavy atom. The molecule has 1 saturated heterocycles. The molecule has 18 heavy (non-hydrogen) atoms. The summed E-state index contributed by atoms with van der Waals surface area (Å²) in [7, 11) is 2.19. The van der Waals surface area contributed by atoms with E-state index in [0.717, 1.165) is 28.3 Å². The third kappa shape index (κ3) is 2.42. The van der Waals surface area contributed by atoms with Crippen LogP contribution in [0.4, 0.5) is 0 Å². The number of fused-ring (bicyclic) bond motifs is 1. The molecule has 96 valence electrons. The number of aromatic nitrogens is 3. The predicted octanol–water partition coefficient (Wildman–Crippen LogP) is 2.38. The quantitative estimate of drug-likeness (QED) is 0.854. The number of piperidine rings is 1. The molecule has 0 N–H and O–H groups in total. The lowest BCUT2D eigenvalue weighted by Crippen LogP contribution is -2.31. The number of likely N-dealkylation sites (tertiary alicyclic amines) is 1. The van der Waals surface area contributed by atoms with Crippen molar-refractivity contribution in [2.45, 2.75) is 19.3 Å². The summed E-state index contributed by atoms with van der Waals surface area (Å²) in [5.41, 5.74) is 0.932. The zero-order chi connectivity index (χ0) is 12.5. The average molecular weight is 309 g/mol. The van der Waals surface area contributed by atoms with Crippen molar-refractivity contribution in [1.82, 2.24) is 19.5 Å². The molecular weight excluding hydrogens is 292 g/mol. The molecule has 0 amide bonds. The number of pyridine rings is 1. The van der Waals surface area contributed by atoms with E-state index in [0.29, 0.717) is 0 Å². The van der Waals surface area contributed by atoms with E-state index in [1.165, 1.54) is 25.9 Å². The molecule has 0 bridgehead atoms. The van der Waals surface area contributed by atoms with Crippen molar-refractivity contribution in [2.75, 3.05) is 20.1 Å². The summed E-state index contributed by atoms with van der Waals surface area (Å²) in [6.07, 6.45) is 5.61. The first kappa shape index (κ1) is 12.1. The lowest BCUT2D eigenvalue weighted by atomic mass is 9.93. The normalized spacial score (nSPS) is 18.6. The maximum Gasteiger partial charge on any atom is 0.160 e. The van der Waals surface area contributed by atoms with E-state index >= 15 is 0 Å². The van der Waals surface area contributed by atoms with Gasteiger partial charge in [-0.25, -0.2) is 0 Å². The summed E-state index contributed by atoms with van der Waals surface area (Å²) in [4.78, 5) is 2.40. The molecule has 2 aromatic heterocycles. The lowest BCUT2D eigenvalue weighted by Gasteiger charge is -2.28. The van der Waals surface area contributed by atoms with Crippen LogP contribution in [-0.2, 0) is 6.42 Å². The SMILES string of the molecule is CN1CCC(Cc2nnc3ccc(Br)cn23)CC1. The summed E-state index contributed by atoms with van der Waals surface area (Å²) in [6, 6.07) is 4.00. The molecule has 0 radical (unpaired) electrons. The highest BCUT2D eigenvalue weighted by atomic mass is 79.9. The van der Waals surface area contributed by atoms with Crippen LogP contribution in [-0.4, -0.2) is 39.6 Å². The molecule has 0 atom stereocenters. The van der Waals surface area contributed by atoms with Crippen LogP contribution >= 0.6 is 15.9 Å². The number of nitrogens with zero attached hydrogens (tertiary/aromatic N) is 4. The third-order valence-corrected chi connectivity index (χ3v) is 4.22. The van der Waals surface area contributed by atoms with Gasteiger partial charge >= 0.3 is 0 Å². The van der Waals surface area contributed by atoms with Crippen LogP contribution in [0.5, 0.6) is 0 Å². The van der Waals surface area contributed by atoms with Gasteiger partial charge in [-0.2, -0.15) is 0 Å². The largest absolute Gasteiger partial charge is 0.306 e. The predicted molar refractivity (Wildman–Crippen MR) is 74.6 cm³/mol. The van der Waals surface area contributed by atoms with Gasteiger partial charge in [0, 0.05) is 17.1 Å². The van der Waals surface area contributed by atoms with Crippen molar-refractivity contribution in [3.05, 3.63) is 28.6 Å². The Morgan fingerprint density at radius 3 is 2.83 bits per heavy atom. The topological polar surface area (TPSA) is 33.4 Å². The van der Waals surface area contributed by atoms with E-state index in [2.05, 4.69) is 48.7 Å². The minimum absolute atomic E-state index is 0.743. The Hall–Kier alpha value is -0.940. The fourth-order valence-electron chi connectivity index (χ4n) is 2.58. The van der Waals surface area contributed by atoms with Gasteiger partial charge in [0.1, 0.15) is 5.82 Å². The fourth-order valence-corrected chi connectivity index (χ4v) is 2.91. The average Bonchev–Trinajstić information content (AvgIpc) is 2.75. The highest BCUT2D eigenvalue weighted by Gasteiger charge is 2.19. The van der Waals surface area contributed by atoms with Crippen LogP contribution in [0.25, 0.3) is 5.65 Å². The van der Waals surface area contributed by atoms with Crippen molar-refractivity contribution in [3.8, 4) is 0 Å². The maximum absolute atomic E-state index is 4.33. The van der Waals surface area contributed by atoms with E-state index in [1.807, 2.05) is 12.1 Å². The van der Waals surface area contributed by atoms with Gasteiger partial charge in [0.05, 0.1) is 0 Å². The molecule has 3 heterocycles. The van der Waals surface area contributed by atoms with Crippen molar-refractivity contribution in [3.63, 3.8) is 0 Å². The minimum Gasteiger partial charge on any atom is -0.306 e. The molecule has 1 aliphatic rings. The summed E-state index contributed by atoms with van der Waals surface area (Å²) < 4.78 is 3.17. The van der Waals surface area contributed by atoms with Gasteiger partial charge < -0.3 is 4.90 Å². The molecule has 0 unspecified atom stereocenters. The van der Waals surface area contributed by atoms with E-state index < -0.39 is 0 Å². The van der Waals surface area contributed by atoms with Crippen LogP contribution < -0.4 is 0 Å². The van der Waals surface area contributed by atoms with E-state index in [9.17, 15) is 0 Å². The molecule has 4 nitrogen and oxygen atoms in total. The third-order valence-electron chi connectivity index (χ3n) is 3.75. The zero-order valence-corrected chi connectivity index (χ0v) is 12.1. The van der Waals surface area contributed by atoms with Gasteiger partial charge in [0.15, 0.2) is 5.65 Å². The van der Waals surface area contributed by atoms with Crippen molar-refractivity contribution >= 4 is 21.6 Å². The fraction of sp³-hybridized carbons (Fsp3) is 0.538. The van der Waals surface area contributed by atoms with Crippen LogP contribution in [0.1, 0.15) is 18.7 Å². The van der Waals surface area contributed by atoms with Gasteiger partial charge in [0.25, 0.3) is 0 Å². The monoisotopic (exact) mass is 308 g/mol. The van der Waals surface area contributed by atoms with E-state index in [4.69, 9.17) is 0 Å². The lowest BCUT2D eigenvalue weighted by molar-refractivity contribution is 0.217. The van der Waals surface area contributed by atoms with E-state index in [1.54, 1.807) is 0 Å². The number of halogens is 1. The number of hydrogen-bond donors (Lipinski definition) is 0. The Morgan fingerprint density at radius 2 is 2.06 bits per heavy atom. The number of rotatable bonds is 2. The first-order valence-electron chi connectivity index (χ1n) is 6.40. The molecule has 0 saturated carbocycles. The first-order chi connectivity index (χ1) is 8.72. The van der Waals surface area contributed by atoms with Crippen LogP contribution in [0.2, 0.25) is 0 Å². The molecule has 1 fully saturated rings. The second-order valence-electron chi connectivity index (χ2n) is 5.14. The van der Waals surface area contributed by atoms with Crippen molar-refractivity contribution < 1.29 is 0 Å². The Labute approximate surface area is 115 Å². The summed E-state index contributed by atoms with van der Waals surface area (Å²) in [5.74, 6) is 1.83. The molecule has 0 aromatic carbocycles. The second-order valence-corrected chi connectivity index (χ2v) is 6.06. The molecule has 5 heteroatoms. The van der Waals surface area contributed by atoms with Crippen molar-refractivity contribution in [1.29, 1.82) is 0 Å². The summed E-state index contributed by atoms with van der Waals surface area (Å²) in [6.45, 7) is 2.40. The zero-order valence-electron chi connectivity index (χ0n) is 10.5. The molecule has 0 spiro atoms. The van der Waals surface area contributed by atoms with Gasteiger partial charge in [-0.05, 0) is 67.0 Å². The van der Waals surface area contributed by atoms with Gasteiger partial charge in [-0.15, -0.1) is 10.2 Å². The second kappa shape index (κ2) is 4.97. The standard InChI is InChI=1S/C13H17BrN4/c1-17-6-4-10(5-7-17)8-13-16-15-12-3-2-11(14)9-18(12)13/h2-3,9-10H,4-8H2,1H3. The summed E-state index contributed by atoms with van der Waals surface area (Å²) >= 11 is 3.50. The Bertz CT molecular complexity index is 543. The smallest absolute Gasteiger partial charge is 0.160 e. The highest BCUT2D eigenvalue weighted by molar-refractivity contribution is 9.10. The molecule has 2 aromatic rings. The molecule has 0 aliphatic carbocycles. The molecular formula is C13H17BrN4. The van der Waals surface area contributed by atoms with Crippen LogP contribution in [0, 0.1) is 5.92 Å². The first-order valence-corrected chi connectivity index (χ1v) is 7.19. The van der Waals surface area contributed by atoms with Gasteiger partial charge in [0.2, 0.25) is 0 Å². The molecule has 3 rings (SSSR count). The number of hydrogen-bond acceptors (Lipinski definition) is 3. The highest BCUT2D eigenvalue weighted by Crippen LogP contribution is 2.21. The van der Waals surface area contributed by atoms with Gasteiger partial charge in [-0.1, -0.05) is 0 Å². The van der Waals surface area contributed by atoms with Crippen molar-refractivity contribution in [2.24, 2.45) is 5.92 Å². The Balaban J connectivity index is 1.80. The molecule has 1 aliphatic heterocycles.